The van der Waals surface area contributed by atoms with Crippen LogP contribution in [0.2, 0.25) is 0 Å². The Bertz CT molecular complexity index is 1110. The van der Waals surface area contributed by atoms with Crippen LogP contribution in [0.15, 0.2) is 42.5 Å². The molecule has 2 aromatic carbocycles. The summed E-state index contributed by atoms with van der Waals surface area (Å²) in [7, 11) is 0. The standard InChI is InChI=1S/C24H23F2N3O4/c1-14(2)20(29-22(31)16-5-3-4-6-17(16)23(29)32)24(33)28-11-9-27(10-12-28)21(30)15-7-8-18(25)19(26)13-15/h3-8,13-14,20H,9-12H2,1-2H3. The van der Waals surface area contributed by atoms with E-state index in [4.69, 9.17) is 0 Å². The first-order chi connectivity index (χ1) is 15.7. The predicted octanol–water partition coefficient (Wildman–Crippen LogP) is 2.57. The summed E-state index contributed by atoms with van der Waals surface area (Å²) in [6.45, 7) is 4.32. The molecular weight excluding hydrogens is 432 g/mol. The molecule has 0 aromatic heterocycles. The molecule has 0 aliphatic carbocycles. The molecule has 1 saturated heterocycles. The summed E-state index contributed by atoms with van der Waals surface area (Å²) in [5, 5.41) is 0. The molecular formula is C24H23F2N3O4. The van der Waals surface area contributed by atoms with E-state index in [0.29, 0.717) is 0 Å². The first-order valence-corrected chi connectivity index (χ1v) is 10.7. The van der Waals surface area contributed by atoms with Crippen molar-refractivity contribution in [2.24, 2.45) is 5.92 Å². The Labute approximate surface area is 189 Å². The fourth-order valence-electron chi connectivity index (χ4n) is 4.28. The molecule has 4 rings (SSSR count). The Balaban J connectivity index is 1.47. The van der Waals surface area contributed by atoms with Crippen molar-refractivity contribution < 1.29 is 28.0 Å². The number of hydrogen-bond donors (Lipinski definition) is 0. The van der Waals surface area contributed by atoms with E-state index in [-0.39, 0.29) is 54.7 Å². The third kappa shape index (κ3) is 3.99. The van der Waals surface area contributed by atoms with E-state index in [1.807, 2.05) is 0 Å². The van der Waals surface area contributed by atoms with E-state index in [1.165, 1.54) is 15.9 Å². The zero-order chi connectivity index (χ0) is 23.9. The van der Waals surface area contributed by atoms with E-state index < -0.39 is 35.4 Å². The van der Waals surface area contributed by atoms with Crippen LogP contribution >= 0.6 is 0 Å². The molecule has 1 atom stereocenters. The minimum absolute atomic E-state index is 0.0276. The fourth-order valence-corrected chi connectivity index (χ4v) is 4.28. The lowest BCUT2D eigenvalue weighted by atomic mass is 10.0. The molecule has 2 heterocycles. The first-order valence-electron chi connectivity index (χ1n) is 10.7. The van der Waals surface area contributed by atoms with Crippen LogP contribution in [-0.4, -0.2) is 70.5 Å². The summed E-state index contributed by atoms with van der Waals surface area (Å²) in [5.74, 6) is -4.25. The molecule has 2 aliphatic rings. The van der Waals surface area contributed by atoms with Crippen molar-refractivity contribution in [1.82, 2.24) is 14.7 Å². The summed E-state index contributed by atoms with van der Waals surface area (Å²) in [6.07, 6.45) is 0. The van der Waals surface area contributed by atoms with E-state index in [1.54, 1.807) is 38.1 Å². The zero-order valence-electron chi connectivity index (χ0n) is 18.3. The lowest BCUT2D eigenvalue weighted by molar-refractivity contribution is -0.138. The number of benzene rings is 2. The van der Waals surface area contributed by atoms with Crippen LogP contribution in [0.3, 0.4) is 0 Å². The number of carbonyl (C=O) groups is 4. The molecule has 172 valence electrons. The molecule has 0 bridgehead atoms. The van der Waals surface area contributed by atoms with Gasteiger partial charge in [-0.1, -0.05) is 26.0 Å². The SMILES string of the molecule is CC(C)C(C(=O)N1CCN(C(=O)c2ccc(F)c(F)c2)CC1)N1C(=O)c2ccccc2C1=O. The normalized spacial score (nSPS) is 16.9. The van der Waals surface area contributed by atoms with Gasteiger partial charge in [0.2, 0.25) is 5.91 Å². The number of hydrogen-bond acceptors (Lipinski definition) is 4. The molecule has 9 heteroatoms. The van der Waals surface area contributed by atoms with Crippen molar-refractivity contribution in [3.05, 3.63) is 70.8 Å². The molecule has 7 nitrogen and oxygen atoms in total. The maximum absolute atomic E-state index is 13.5. The average Bonchev–Trinajstić information content (AvgIpc) is 3.06. The number of rotatable bonds is 4. The van der Waals surface area contributed by atoms with Crippen molar-refractivity contribution in [3.63, 3.8) is 0 Å². The maximum atomic E-state index is 13.5. The number of amides is 4. The second-order valence-electron chi connectivity index (χ2n) is 8.46. The summed E-state index contributed by atoms with van der Waals surface area (Å²) in [6, 6.07) is 8.48. The third-order valence-corrected chi connectivity index (χ3v) is 6.03. The third-order valence-electron chi connectivity index (χ3n) is 6.03. The van der Waals surface area contributed by atoms with Gasteiger partial charge in [0.25, 0.3) is 17.7 Å². The van der Waals surface area contributed by atoms with Crippen molar-refractivity contribution in [3.8, 4) is 0 Å². The summed E-state index contributed by atoms with van der Waals surface area (Å²) in [4.78, 5) is 55.9. The molecule has 4 amide bonds. The van der Waals surface area contributed by atoms with Crippen LogP contribution < -0.4 is 0 Å². The fraction of sp³-hybridized carbons (Fsp3) is 0.333. The van der Waals surface area contributed by atoms with Gasteiger partial charge >= 0.3 is 0 Å². The number of carbonyl (C=O) groups excluding carboxylic acids is 4. The van der Waals surface area contributed by atoms with Gasteiger partial charge in [-0.05, 0) is 36.2 Å². The molecule has 1 unspecified atom stereocenters. The Morgan fingerprint density at radius 1 is 0.818 bits per heavy atom. The molecule has 0 N–H and O–H groups in total. The lowest BCUT2D eigenvalue weighted by Crippen LogP contribution is -2.58. The van der Waals surface area contributed by atoms with Gasteiger partial charge in [0.1, 0.15) is 6.04 Å². The topological polar surface area (TPSA) is 78.0 Å². The van der Waals surface area contributed by atoms with Gasteiger partial charge in [-0.25, -0.2) is 8.78 Å². The highest BCUT2D eigenvalue weighted by molar-refractivity contribution is 6.22. The average molecular weight is 455 g/mol. The minimum Gasteiger partial charge on any atom is -0.337 e. The highest BCUT2D eigenvalue weighted by atomic mass is 19.2. The number of piperazine rings is 1. The second kappa shape index (κ2) is 8.73. The first kappa shape index (κ1) is 22.6. The Morgan fingerprint density at radius 2 is 1.36 bits per heavy atom. The van der Waals surface area contributed by atoms with Crippen molar-refractivity contribution in [1.29, 1.82) is 0 Å². The monoisotopic (exact) mass is 455 g/mol. The highest BCUT2D eigenvalue weighted by Gasteiger charge is 2.45. The quantitative estimate of drug-likeness (QED) is 0.664. The molecule has 2 aromatic rings. The van der Waals surface area contributed by atoms with E-state index in [2.05, 4.69) is 0 Å². The van der Waals surface area contributed by atoms with Crippen LogP contribution in [0, 0.1) is 17.6 Å². The molecule has 2 aliphatic heterocycles. The van der Waals surface area contributed by atoms with Crippen LogP contribution in [0.5, 0.6) is 0 Å². The van der Waals surface area contributed by atoms with Crippen molar-refractivity contribution in [2.75, 3.05) is 26.2 Å². The van der Waals surface area contributed by atoms with E-state index in [9.17, 15) is 28.0 Å². The summed E-state index contributed by atoms with van der Waals surface area (Å²) >= 11 is 0. The lowest BCUT2D eigenvalue weighted by Gasteiger charge is -2.38. The second-order valence-corrected chi connectivity index (χ2v) is 8.46. The van der Waals surface area contributed by atoms with Crippen LogP contribution in [0.4, 0.5) is 8.78 Å². The van der Waals surface area contributed by atoms with Gasteiger partial charge in [-0.2, -0.15) is 0 Å². The number of fused-ring (bicyclic) bond motifs is 1. The smallest absolute Gasteiger partial charge is 0.262 e. The van der Waals surface area contributed by atoms with Crippen LogP contribution in [-0.2, 0) is 4.79 Å². The Kier molecular flexibility index (Phi) is 5.97. The van der Waals surface area contributed by atoms with Crippen molar-refractivity contribution in [2.45, 2.75) is 19.9 Å². The van der Waals surface area contributed by atoms with Gasteiger partial charge in [0.15, 0.2) is 11.6 Å². The Morgan fingerprint density at radius 3 is 1.88 bits per heavy atom. The Hall–Kier alpha value is -3.62. The summed E-state index contributed by atoms with van der Waals surface area (Å²) in [5.41, 5.74) is 0.588. The molecule has 0 spiro atoms. The largest absolute Gasteiger partial charge is 0.337 e. The van der Waals surface area contributed by atoms with Gasteiger partial charge in [-0.15, -0.1) is 0 Å². The van der Waals surface area contributed by atoms with Gasteiger partial charge in [0.05, 0.1) is 11.1 Å². The van der Waals surface area contributed by atoms with Crippen molar-refractivity contribution >= 4 is 23.6 Å². The maximum Gasteiger partial charge on any atom is 0.262 e. The van der Waals surface area contributed by atoms with Gasteiger partial charge in [-0.3, -0.25) is 24.1 Å². The molecule has 0 saturated carbocycles. The summed E-state index contributed by atoms with van der Waals surface area (Å²) < 4.78 is 26.6. The number of nitrogens with zero attached hydrogens (tertiary/aromatic N) is 3. The van der Waals surface area contributed by atoms with E-state index in [0.717, 1.165) is 17.0 Å². The van der Waals surface area contributed by atoms with Gasteiger partial charge < -0.3 is 9.80 Å². The number of halogens is 2. The molecule has 0 radical (unpaired) electrons. The molecule has 1 fully saturated rings. The van der Waals surface area contributed by atoms with Gasteiger partial charge in [0, 0.05) is 31.7 Å². The zero-order valence-corrected chi connectivity index (χ0v) is 18.3. The minimum atomic E-state index is -1.10. The van der Waals surface area contributed by atoms with Crippen LogP contribution in [0.25, 0.3) is 0 Å². The highest BCUT2D eigenvalue weighted by Crippen LogP contribution is 2.28. The predicted molar refractivity (Wildman–Crippen MR) is 114 cm³/mol. The van der Waals surface area contributed by atoms with E-state index >= 15 is 0 Å². The van der Waals surface area contributed by atoms with Crippen LogP contribution in [0.1, 0.15) is 44.9 Å². The molecule has 33 heavy (non-hydrogen) atoms. The number of imide groups is 1.